The van der Waals surface area contributed by atoms with Gasteiger partial charge in [0, 0.05) is 22.3 Å². The number of nitrogens with zero attached hydrogens (tertiary/aromatic N) is 1. The molecule has 0 aromatic heterocycles. The minimum Gasteiger partial charge on any atom is -0.872 e. The highest BCUT2D eigenvalue weighted by Crippen LogP contribution is 2.32. The van der Waals surface area contributed by atoms with Crippen LogP contribution in [0.5, 0.6) is 17.2 Å². The van der Waals surface area contributed by atoms with E-state index in [0.29, 0.717) is 24.3 Å². The number of aryl methyl sites for hydroxylation is 5. The van der Waals surface area contributed by atoms with E-state index in [9.17, 15) is 15.3 Å². The highest BCUT2D eigenvalue weighted by atomic mass is 16.3. The lowest BCUT2D eigenvalue weighted by Crippen LogP contribution is -2.45. The van der Waals surface area contributed by atoms with Gasteiger partial charge in [-0.2, -0.15) is 0 Å². The van der Waals surface area contributed by atoms with Crippen LogP contribution >= 0.6 is 0 Å². The van der Waals surface area contributed by atoms with Gasteiger partial charge >= 0.3 is 0 Å². The highest BCUT2D eigenvalue weighted by molar-refractivity contribution is 5.50. The zero-order chi connectivity index (χ0) is 40.4. The molecule has 0 fully saturated rings. The highest BCUT2D eigenvalue weighted by Gasteiger charge is 2.29. The summed E-state index contributed by atoms with van der Waals surface area (Å²) in [5, 5.41) is 33.1. The predicted octanol–water partition coefficient (Wildman–Crippen LogP) is 11.5. The van der Waals surface area contributed by atoms with Crippen LogP contribution < -0.4 is 5.11 Å². The van der Waals surface area contributed by atoms with E-state index >= 15 is 0 Å². The molecule has 0 saturated heterocycles. The van der Waals surface area contributed by atoms with Crippen molar-refractivity contribution in [2.45, 2.75) is 73.6 Å². The van der Waals surface area contributed by atoms with Crippen molar-refractivity contribution >= 4 is 0 Å². The number of rotatable bonds is 12. The molecule has 2 N–H and O–H groups in total. The van der Waals surface area contributed by atoms with Crippen LogP contribution in [-0.4, -0.2) is 14.7 Å². The van der Waals surface area contributed by atoms with Crippen LogP contribution in [0.3, 0.4) is 0 Å². The first-order valence-corrected chi connectivity index (χ1v) is 19.9. The van der Waals surface area contributed by atoms with Gasteiger partial charge in [-0.15, -0.1) is 5.75 Å². The van der Waals surface area contributed by atoms with Gasteiger partial charge < -0.3 is 19.8 Å². The molecule has 7 aromatic carbocycles. The van der Waals surface area contributed by atoms with E-state index < -0.39 is 0 Å². The Kier molecular flexibility index (Phi) is 13.3. The van der Waals surface area contributed by atoms with E-state index in [-0.39, 0.29) is 5.75 Å². The van der Waals surface area contributed by atoms with Gasteiger partial charge in [0.25, 0.3) is 0 Å². The lowest BCUT2D eigenvalue weighted by atomic mass is 9.93. The lowest BCUT2D eigenvalue weighted by molar-refractivity contribution is -0.978. The van der Waals surface area contributed by atoms with Crippen molar-refractivity contribution in [3.05, 3.63) is 230 Å². The number of quaternary nitrogens is 1. The molecule has 4 heteroatoms. The average molecular weight is 754 g/mol. The summed E-state index contributed by atoms with van der Waals surface area (Å²) < 4.78 is 0.960. The third-order valence-corrected chi connectivity index (χ3v) is 10.7. The largest absolute Gasteiger partial charge is 0.872 e. The summed E-state index contributed by atoms with van der Waals surface area (Å²) in [6.07, 6.45) is 1.09. The summed E-state index contributed by atoms with van der Waals surface area (Å²) in [5.41, 5.74) is 13.5. The maximum Gasteiger partial charge on any atom is 0.121 e. The van der Waals surface area contributed by atoms with Crippen LogP contribution in [0.1, 0.15) is 72.3 Å². The zero-order valence-electron chi connectivity index (χ0n) is 34.0. The van der Waals surface area contributed by atoms with Crippen molar-refractivity contribution in [1.82, 2.24) is 0 Å². The van der Waals surface area contributed by atoms with E-state index in [1.165, 1.54) is 22.3 Å². The molecule has 0 aliphatic carbocycles. The van der Waals surface area contributed by atoms with Gasteiger partial charge in [0.1, 0.15) is 37.7 Å². The third kappa shape index (κ3) is 11.0. The molecule has 7 rings (SSSR count). The van der Waals surface area contributed by atoms with E-state index in [1.807, 2.05) is 71.0 Å². The zero-order valence-corrected chi connectivity index (χ0v) is 34.0. The van der Waals surface area contributed by atoms with Crippen LogP contribution in [0.15, 0.2) is 158 Å². The molecule has 0 saturated carbocycles. The Balaban J connectivity index is 0.000000193. The van der Waals surface area contributed by atoms with Crippen LogP contribution in [0.25, 0.3) is 0 Å². The Hall–Kier alpha value is -6.10. The first-order valence-electron chi connectivity index (χ1n) is 19.9. The summed E-state index contributed by atoms with van der Waals surface area (Å²) in [5.74, 6) is 0.695. The molecule has 0 aliphatic rings. The average Bonchev–Trinajstić information content (AvgIpc) is 3.19. The van der Waals surface area contributed by atoms with E-state index in [4.69, 9.17) is 0 Å². The number of phenolic OH excluding ortho intramolecular Hbond substituents is 2. The number of hydrogen-bond acceptors (Lipinski definition) is 3. The minimum atomic E-state index is 0.0670. The molecule has 290 valence electrons. The Morgan fingerprint density at radius 3 is 0.912 bits per heavy atom. The molecule has 0 atom stereocenters. The SMILES string of the molecule is Cc1cc(Cc2cc(C)c(O)c(C)c2)c([O-])c(Cc2cc(C)c(O)c(C)c2)c1.c1ccc(C[N+](Cc2ccccc2)(Cc2ccccc2)Cc2ccccc2)cc1. The number of aromatic hydroxyl groups is 2. The topological polar surface area (TPSA) is 63.5 Å². The Bertz CT molecular complexity index is 2070. The van der Waals surface area contributed by atoms with Crippen LogP contribution in [-0.2, 0) is 39.0 Å². The van der Waals surface area contributed by atoms with Gasteiger partial charge in [-0.1, -0.05) is 174 Å². The van der Waals surface area contributed by atoms with E-state index in [2.05, 4.69) is 121 Å². The maximum absolute atomic E-state index is 13.1. The molecule has 7 aromatic rings. The summed E-state index contributed by atoms with van der Waals surface area (Å²) in [7, 11) is 0. The quantitative estimate of drug-likeness (QED) is 0.122. The van der Waals surface area contributed by atoms with Crippen molar-refractivity contribution in [3.63, 3.8) is 0 Å². The maximum atomic E-state index is 13.1. The van der Waals surface area contributed by atoms with E-state index in [1.54, 1.807) is 0 Å². The van der Waals surface area contributed by atoms with Crippen LogP contribution in [0.4, 0.5) is 0 Å². The molecule has 0 amide bonds. The number of hydrogen-bond donors (Lipinski definition) is 2. The monoisotopic (exact) mass is 753 g/mol. The van der Waals surface area contributed by atoms with Gasteiger partial charge in [-0.05, 0) is 80.8 Å². The van der Waals surface area contributed by atoms with Gasteiger partial charge in [0.05, 0.1) is 0 Å². The molecule has 0 heterocycles. The molecule has 0 bridgehead atoms. The predicted molar refractivity (Wildman–Crippen MR) is 232 cm³/mol. The normalized spacial score (nSPS) is 11.2. The minimum absolute atomic E-state index is 0.0670. The van der Waals surface area contributed by atoms with Crippen molar-refractivity contribution in [3.8, 4) is 17.2 Å². The van der Waals surface area contributed by atoms with Gasteiger partial charge in [-0.25, -0.2) is 0 Å². The fraction of sp³-hybridized carbons (Fsp3) is 0.208. The van der Waals surface area contributed by atoms with Crippen molar-refractivity contribution in [1.29, 1.82) is 0 Å². The molecule has 57 heavy (non-hydrogen) atoms. The van der Waals surface area contributed by atoms with Gasteiger partial charge in [0.2, 0.25) is 0 Å². The summed E-state index contributed by atoms with van der Waals surface area (Å²) in [4.78, 5) is 0. The van der Waals surface area contributed by atoms with Gasteiger partial charge in [-0.3, -0.25) is 0 Å². The standard InChI is InChI=1S/C28H28N.C25H28O3/c1-5-13-25(14-6-1)21-29(22-26-15-7-2-8-16-26,23-27-17-9-3-10-18-27)24-28-19-11-4-12-20-28;1-14-6-21(12-19-8-15(2)23(26)16(3)9-19)25(28)22(7-14)13-20-10-17(4)24(27)18(5)11-20/h1-20H,21-24H2;6-11,26-28H,12-13H2,1-5H3/q+1;/p-1. The number of benzene rings is 7. The van der Waals surface area contributed by atoms with Crippen molar-refractivity contribution in [2.75, 3.05) is 0 Å². The first kappa shape index (κ1) is 40.6. The fourth-order valence-corrected chi connectivity index (χ4v) is 8.14. The van der Waals surface area contributed by atoms with Crippen LogP contribution in [0.2, 0.25) is 0 Å². The molecule has 0 spiro atoms. The third-order valence-electron chi connectivity index (χ3n) is 10.7. The first-order chi connectivity index (χ1) is 27.5. The second-order valence-electron chi connectivity index (χ2n) is 15.8. The second kappa shape index (κ2) is 18.7. The Morgan fingerprint density at radius 2 is 0.649 bits per heavy atom. The molecular weight excluding hydrogens is 699 g/mol. The molecule has 0 aliphatic heterocycles. The number of phenols is 2. The van der Waals surface area contributed by atoms with Gasteiger partial charge in [0.15, 0.2) is 0 Å². The summed E-state index contributed by atoms with van der Waals surface area (Å²) >= 11 is 0. The smallest absolute Gasteiger partial charge is 0.121 e. The lowest BCUT2D eigenvalue weighted by Gasteiger charge is -2.39. The van der Waals surface area contributed by atoms with E-state index in [0.717, 1.165) is 80.7 Å². The molecular formula is C53H55NO3. The molecule has 0 radical (unpaired) electrons. The van der Waals surface area contributed by atoms with Crippen LogP contribution in [0, 0.1) is 34.6 Å². The summed E-state index contributed by atoms with van der Waals surface area (Å²) in [6, 6.07) is 55.3. The molecule has 0 unspecified atom stereocenters. The molecule has 4 nitrogen and oxygen atoms in total. The Labute approximate surface area is 339 Å². The Morgan fingerprint density at radius 1 is 0.386 bits per heavy atom. The fourth-order valence-electron chi connectivity index (χ4n) is 8.14. The second-order valence-corrected chi connectivity index (χ2v) is 15.8. The van der Waals surface area contributed by atoms with Crippen molar-refractivity contribution in [2.24, 2.45) is 0 Å². The van der Waals surface area contributed by atoms with Crippen molar-refractivity contribution < 1.29 is 19.8 Å². The summed E-state index contributed by atoms with van der Waals surface area (Å²) in [6.45, 7) is 13.5.